The number of amides is 1. The van der Waals surface area contributed by atoms with E-state index in [-0.39, 0.29) is 11.7 Å². The molecule has 0 bridgehead atoms. The van der Waals surface area contributed by atoms with E-state index in [0.29, 0.717) is 17.6 Å². The topological polar surface area (TPSA) is 42.0 Å². The summed E-state index contributed by atoms with van der Waals surface area (Å²) < 4.78 is 12.8. The lowest BCUT2D eigenvalue weighted by Crippen LogP contribution is -2.23. The van der Waals surface area contributed by atoms with E-state index in [0.717, 1.165) is 10.9 Å². The Kier molecular flexibility index (Phi) is 3.60. The molecule has 4 heteroatoms. The zero-order valence-corrected chi connectivity index (χ0v) is 11.2. The number of carbonyl (C=O) groups excluding carboxylic acids is 1. The number of para-hydroxylation sites is 1. The molecule has 3 nitrogen and oxygen atoms in total. The predicted octanol–water partition coefficient (Wildman–Crippen LogP) is 3.30. The average Bonchev–Trinajstić information content (AvgIpc) is 2.53. The lowest BCUT2D eigenvalue weighted by Gasteiger charge is -2.07. The van der Waals surface area contributed by atoms with Crippen molar-refractivity contribution >= 4 is 16.8 Å². The van der Waals surface area contributed by atoms with Crippen LogP contribution in [0.3, 0.4) is 0 Å². The number of nitrogens with zero attached hydrogens (tertiary/aromatic N) is 1. The fourth-order valence-electron chi connectivity index (χ4n) is 2.17. The smallest absolute Gasteiger partial charge is 0.253 e. The number of halogens is 1. The molecule has 1 aromatic heterocycles. The zero-order chi connectivity index (χ0) is 14.7. The molecular formula is C17H13FN2O. The van der Waals surface area contributed by atoms with Gasteiger partial charge in [-0.05, 0) is 29.8 Å². The summed E-state index contributed by atoms with van der Waals surface area (Å²) in [6, 6.07) is 15.3. The van der Waals surface area contributed by atoms with Crippen molar-refractivity contribution in [2.75, 3.05) is 0 Å². The molecule has 0 spiro atoms. The quantitative estimate of drug-likeness (QED) is 0.799. The summed E-state index contributed by atoms with van der Waals surface area (Å²) in [5.74, 6) is -0.480. The van der Waals surface area contributed by atoms with Crippen LogP contribution in [-0.4, -0.2) is 10.9 Å². The van der Waals surface area contributed by atoms with E-state index >= 15 is 0 Å². The maximum atomic E-state index is 12.8. The number of aromatic nitrogens is 1. The number of nitrogens with one attached hydrogen (secondary N) is 1. The van der Waals surface area contributed by atoms with Crippen LogP contribution in [0.15, 0.2) is 60.8 Å². The molecule has 1 heterocycles. The van der Waals surface area contributed by atoms with Crippen molar-refractivity contribution in [2.24, 2.45) is 0 Å². The Morgan fingerprint density at radius 2 is 1.81 bits per heavy atom. The molecule has 0 fully saturated rings. The Hall–Kier alpha value is -2.75. The van der Waals surface area contributed by atoms with Crippen molar-refractivity contribution in [1.82, 2.24) is 10.3 Å². The second-order valence-corrected chi connectivity index (χ2v) is 4.69. The molecule has 3 aromatic rings. The number of hydrogen-bond donors (Lipinski definition) is 1. The Morgan fingerprint density at radius 3 is 2.62 bits per heavy atom. The number of carbonyl (C=O) groups is 1. The fraction of sp³-hybridized carbons (Fsp3) is 0.0588. The van der Waals surface area contributed by atoms with Crippen molar-refractivity contribution in [1.29, 1.82) is 0 Å². The first kappa shape index (κ1) is 13.2. The molecule has 0 radical (unpaired) electrons. The Bertz CT molecular complexity index is 779. The highest BCUT2D eigenvalue weighted by Gasteiger charge is 2.10. The van der Waals surface area contributed by atoms with Gasteiger partial charge in [0.15, 0.2) is 0 Å². The lowest BCUT2D eigenvalue weighted by molar-refractivity contribution is 0.0952. The highest BCUT2D eigenvalue weighted by Crippen LogP contribution is 2.15. The molecule has 21 heavy (non-hydrogen) atoms. The molecular weight excluding hydrogens is 267 g/mol. The van der Waals surface area contributed by atoms with Crippen molar-refractivity contribution in [3.8, 4) is 0 Å². The van der Waals surface area contributed by atoms with E-state index in [1.807, 2.05) is 24.3 Å². The van der Waals surface area contributed by atoms with Gasteiger partial charge in [-0.25, -0.2) is 4.39 Å². The van der Waals surface area contributed by atoms with E-state index in [1.165, 1.54) is 12.1 Å². The Morgan fingerprint density at radius 1 is 1.05 bits per heavy atom. The average molecular weight is 280 g/mol. The molecule has 0 aliphatic rings. The van der Waals surface area contributed by atoms with Crippen LogP contribution in [0.2, 0.25) is 0 Å². The van der Waals surface area contributed by atoms with Crippen LogP contribution in [0.5, 0.6) is 0 Å². The summed E-state index contributed by atoms with van der Waals surface area (Å²) in [5.41, 5.74) is 2.06. The second-order valence-electron chi connectivity index (χ2n) is 4.69. The third-order valence-corrected chi connectivity index (χ3v) is 3.24. The van der Waals surface area contributed by atoms with Crippen LogP contribution in [0.1, 0.15) is 15.9 Å². The Balaban J connectivity index is 1.79. The summed E-state index contributed by atoms with van der Waals surface area (Å²) in [6.45, 7) is 0.350. The van der Waals surface area contributed by atoms with Gasteiger partial charge < -0.3 is 5.32 Å². The van der Waals surface area contributed by atoms with Gasteiger partial charge in [0.2, 0.25) is 0 Å². The van der Waals surface area contributed by atoms with Gasteiger partial charge in [0.1, 0.15) is 5.82 Å². The third-order valence-electron chi connectivity index (χ3n) is 3.24. The van der Waals surface area contributed by atoms with E-state index < -0.39 is 0 Å². The minimum absolute atomic E-state index is 0.191. The standard InChI is InChI=1S/C17H13FN2O/c18-14-8-6-12(7-9-14)11-20-17(21)15-5-1-3-13-4-2-10-19-16(13)15/h1-10H,11H2,(H,20,21). The normalized spacial score (nSPS) is 10.5. The molecule has 3 rings (SSSR count). The maximum absolute atomic E-state index is 12.8. The van der Waals surface area contributed by atoms with E-state index in [2.05, 4.69) is 10.3 Å². The van der Waals surface area contributed by atoms with Crippen LogP contribution >= 0.6 is 0 Å². The molecule has 2 aromatic carbocycles. The second kappa shape index (κ2) is 5.71. The fourth-order valence-corrected chi connectivity index (χ4v) is 2.17. The summed E-state index contributed by atoms with van der Waals surface area (Å²) in [6.07, 6.45) is 1.67. The van der Waals surface area contributed by atoms with E-state index in [4.69, 9.17) is 0 Å². The van der Waals surface area contributed by atoms with Crippen LogP contribution in [0.4, 0.5) is 4.39 Å². The highest BCUT2D eigenvalue weighted by atomic mass is 19.1. The van der Waals surface area contributed by atoms with Gasteiger partial charge in [0, 0.05) is 18.1 Å². The largest absolute Gasteiger partial charge is 0.348 e. The minimum atomic E-state index is -0.289. The molecule has 0 aliphatic heterocycles. The molecule has 1 N–H and O–H groups in total. The molecule has 0 unspecified atom stereocenters. The van der Waals surface area contributed by atoms with Crippen LogP contribution < -0.4 is 5.32 Å². The molecule has 1 amide bonds. The van der Waals surface area contributed by atoms with Gasteiger partial charge in [0.25, 0.3) is 5.91 Å². The molecule has 0 saturated heterocycles. The van der Waals surface area contributed by atoms with Crippen molar-refractivity contribution in [3.63, 3.8) is 0 Å². The molecule has 0 saturated carbocycles. The number of rotatable bonds is 3. The van der Waals surface area contributed by atoms with Gasteiger partial charge in [0.05, 0.1) is 11.1 Å². The van der Waals surface area contributed by atoms with Gasteiger partial charge in [-0.15, -0.1) is 0 Å². The van der Waals surface area contributed by atoms with Gasteiger partial charge in [-0.1, -0.05) is 30.3 Å². The summed E-state index contributed by atoms with van der Waals surface area (Å²) in [7, 11) is 0. The predicted molar refractivity (Wildman–Crippen MR) is 79.3 cm³/mol. The lowest BCUT2D eigenvalue weighted by atomic mass is 10.1. The van der Waals surface area contributed by atoms with Gasteiger partial charge >= 0.3 is 0 Å². The van der Waals surface area contributed by atoms with Gasteiger partial charge in [-0.3, -0.25) is 9.78 Å². The first-order valence-electron chi connectivity index (χ1n) is 6.60. The SMILES string of the molecule is O=C(NCc1ccc(F)cc1)c1cccc2cccnc12. The monoisotopic (exact) mass is 280 g/mol. The van der Waals surface area contributed by atoms with Crippen molar-refractivity contribution < 1.29 is 9.18 Å². The van der Waals surface area contributed by atoms with Crippen LogP contribution in [0.25, 0.3) is 10.9 Å². The summed E-state index contributed by atoms with van der Waals surface area (Å²) >= 11 is 0. The minimum Gasteiger partial charge on any atom is -0.348 e. The van der Waals surface area contributed by atoms with Crippen molar-refractivity contribution in [3.05, 3.63) is 77.7 Å². The number of pyridine rings is 1. The maximum Gasteiger partial charge on any atom is 0.253 e. The molecule has 0 atom stereocenters. The van der Waals surface area contributed by atoms with Crippen molar-refractivity contribution in [2.45, 2.75) is 6.54 Å². The van der Waals surface area contributed by atoms with Crippen LogP contribution in [0, 0.1) is 5.82 Å². The summed E-state index contributed by atoms with van der Waals surface area (Å²) in [5, 5.41) is 3.75. The number of benzene rings is 2. The van der Waals surface area contributed by atoms with Crippen LogP contribution in [-0.2, 0) is 6.54 Å². The third kappa shape index (κ3) is 2.89. The van der Waals surface area contributed by atoms with Gasteiger partial charge in [-0.2, -0.15) is 0 Å². The first-order valence-corrected chi connectivity index (χ1v) is 6.60. The Labute approximate surface area is 121 Å². The highest BCUT2D eigenvalue weighted by molar-refractivity contribution is 6.05. The molecule has 104 valence electrons. The molecule has 0 aliphatic carbocycles. The number of hydrogen-bond acceptors (Lipinski definition) is 2. The number of fused-ring (bicyclic) bond motifs is 1. The summed E-state index contributed by atoms with van der Waals surface area (Å²) in [4.78, 5) is 16.5. The van der Waals surface area contributed by atoms with E-state index in [1.54, 1.807) is 24.4 Å². The van der Waals surface area contributed by atoms with E-state index in [9.17, 15) is 9.18 Å². The first-order chi connectivity index (χ1) is 10.2. The zero-order valence-electron chi connectivity index (χ0n) is 11.2.